The lowest BCUT2D eigenvalue weighted by Gasteiger charge is -2.33. The lowest BCUT2D eigenvalue weighted by molar-refractivity contribution is 0.204. The first-order valence-corrected chi connectivity index (χ1v) is 7.67. The second kappa shape index (κ2) is 7.16. The average Bonchev–Trinajstić information content (AvgIpc) is 2.40. The van der Waals surface area contributed by atoms with Gasteiger partial charge in [0, 0.05) is 19.1 Å². The fourth-order valence-corrected chi connectivity index (χ4v) is 3.29. The molecule has 0 radical (unpaired) electrons. The molecule has 1 saturated heterocycles. The summed E-state index contributed by atoms with van der Waals surface area (Å²) in [5.41, 5.74) is 0. The highest BCUT2D eigenvalue weighted by atomic mass is 15.1. The third-order valence-corrected chi connectivity index (χ3v) is 4.73. The Labute approximate surface area is 113 Å². The van der Waals surface area contributed by atoms with Gasteiger partial charge in [0.15, 0.2) is 0 Å². The molecule has 2 heteroatoms. The Morgan fingerprint density at radius 1 is 1.11 bits per heavy atom. The molecule has 1 aliphatic carbocycles. The fraction of sp³-hybridized carbons (Fsp3) is 0.875. The van der Waals surface area contributed by atoms with Crippen LogP contribution in [0.1, 0.15) is 45.4 Å². The van der Waals surface area contributed by atoms with Crippen molar-refractivity contribution in [2.45, 2.75) is 51.5 Å². The van der Waals surface area contributed by atoms with Crippen LogP contribution in [-0.2, 0) is 0 Å². The Morgan fingerprint density at radius 3 is 2.39 bits per heavy atom. The monoisotopic (exact) mass is 248 g/mol. The molecule has 2 nitrogen and oxygen atoms in total. The van der Waals surface area contributed by atoms with Crippen LogP contribution in [0, 0.1) is 24.2 Å². The number of nitrogens with one attached hydrogen (secondary N) is 1. The average molecular weight is 248 g/mol. The largest absolute Gasteiger partial charge is 0.314 e. The van der Waals surface area contributed by atoms with E-state index in [0.29, 0.717) is 0 Å². The quantitative estimate of drug-likeness (QED) is 0.769. The van der Waals surface area contributed by atoms with Crippen molar-refractivity contribution < 1.29 is 0 Å². The Bertz CT molecular complexity index is 265. The highest BCUT2D eigenvalue weighted by Gasteiger charge is 2.21. The van der Waals surface area contributed by atoms with Crippen LogP contribution in [0.4, 0.5) is 0 Å². The number of piperidine rings is 1. The summed E-state index contributed by atoms with van der Waals surface area (Å²) >= 11 is 0. The first kappa shape index (κ1) is 13.9. The van der Waals surface area contributed by atoms with E-state index in [4.69, 9.17) is 6.42 Å². The number of terminal acetylenes is 1. The van der Waals surface area contributed by atoms with Crippen LogP contribution in [-0.4, -0.2) is 37.1 Å². The van der Waals surface area contributed by atoms with Gasteiger partial charge in [-0.3, -0.25) is 4.90 Å². The summed E-state index contributed by atoms with van der Waals surface area (Å²) in [7, 11) is 0. The second-order valence-corrected chi connectivity index (χ2v) is 6.29. The minimum absolute atomic E-state index is 0.735. The van der Waals surface area contributed by atoms with Crippen molar-refractivity contribution in [3.05, 3.63) is 0 Å². The van der Waals surface area contributed by atoms with Crippen molar-refractivity contribution in [3.8, 4) is 12.3 Å². The first-order chi connectivity index (χ1) is 8.78. The van der Waals surface area contributed by atoms with Gasteiger partial charge in [0.1, 0.15) is 0 Å². The number of likely N-dealkylation sites (tertiary alicyclic amines) is 1. The summed E-state index contributed by atoms with van der Waals surface area (Å²) in [6.07, 6.45) is 13.6. The topological polar surface area (TPSA) is 15.3 Å². The van der Waals surface area contributed by atoms with Crippen LogP contribution < -0.4 is 5.32 Å². The van der Waals surface area contributed by atoms with Crippen LogP contribution in [0.15, 0.2) is 0 Å². The molecule has 102 valence electrons. The fourth-order valence-electron chi connectivity index (χ4n) is 3.29. The molecule has 2 aliphatic rings. The Kier molecular flexibility index (Phi) is 5.53. The highest BCUT2D eigenvalue weighted by molar-refractivity contribution is 4.90. The standard InChI is InChI=1S/C16H28N2/c1-3-10-18-11-8-16(9-12-18)17-13-15-6-4-14(2)5-7-15/h1,14-17H,4-13H2,2H3. The summed E-state index contributed by atoms with van der Waals surface area (Å²) in [4.78, 5) is 2.39. The minimum atomic E-state index is 0.735. The lowest BCUT2D eigenvalue weighted by atomic mass is 9.83. The normalized spacial score (nSPS) is 31.1. The maximum Gasteiger partial charge on any atom is 0.0598 e. The van der Waals surface area contributed by atoms with Gasteiger partial charge in [0.2, 0.25) is 0 Å². The maximum atomic E-state index is 5.35. The zero-order valence-corrected chi connectivity index (χ0v) is 11.8. The lowest BCUT2D eigenvalue weighted by Crippen LogP contribution is -2.44. The number of nitrogens with zero attached hydrogens (tertiary/aromatic N) is 1. The molecule has 1 N–H and O–H groups in total. The Balaban J connectivity index is 1.59. The molecule has 18 heavy (non-hydrogen) atoms. The van der Waals surface area contributed by atoms with Crippen LogP contribution in [0.5, 0.6) is 0 Å². The van der Waals surface area contributed by atoms with Gasteiger partial charge >= 0.3 is 0 Å². The number of hydrogen-bond acceptors (Lipinski definition) is 2. The summed E-state index contributed by atoms with van der Waals surface area (Å²) in [6.45, 7) is 6.80. The Hall–Kier alpha value is -0.520. The molecule has 0 aromatic rings. The molecule has 1 heterocycles. The van der Waals surface area contributed by atoms with Crippen molar-refractivity contribution in [1.29, 1.82) is 0 Å². The van der Waals surface area contributed by atoms with Crippen LogP contribution in [0.25, 0.3) is 0 Å². The van der Waals surface area contributed by atoms with E-state index in [9.17, 15) is 0 Å². The van der Waals surface area contributed by atoms with Crippen molar-refractivity contribution in [1.82, 2.24) is 10.2 Å². The molecular formula is C16H28N2. The number of hydrogen-bond donors (Lipinski definition) is 1. The predicted octanol–water partition coefficient (Wildman–Crippen LogP) is 2.50. The molecule has 0 aromatic heterocycles. The van der Waals surface area contributed by atoms with E-state index in [1.165, 1.54) is 58.2 Å². The van der Waals surface area contributed by atoms with Gasteiger partial charge in [-0.15, -0.1) is 6.42 Å². The van der Waals surface area contributed by atoms with Crippen LogP contribution in [0.2, 0.25) is 0 Å². The minimum Gasteiger partial charge on any atom is -0.314 e. The molecule has 0 unspecified atom stereocenters. The Morgan fingerprint density at radius 2 is 1.78 bits per heavy atom. The van der Waals surface area contributed by atoms with Crippen molar-refractivity contribution in [2.75, 3.05) is 26.2 Å². The van der Waals surface area contributed by atoms with Crippen molar-refractivity contribution in [2.24, 2.45) is 11.8 Å². The zero-order valence-electron chi connectivity index (χ0n) is 11.8. The molecule has 0 spiro atoms. The van der Waals surface area contributed by atoms with E-state index in [-0.39, 0.29) is 0 Å². The second-order valence-electron chi connectivity index (χ2n) is 6.29. The molecular weight excluding hydrogens is 220 g/mol. The van der Waals surface area contributed by atoms with E-state index in [2.05, 4.69) is 23.1 Å². The summed E-state index contributed by atoms with van der Waals surface area (Å²) in [5, 5.41) is 3.79. The zero-order chi connectivity index (χ0) is 12.8. The van der Waals surface area contributed by atoms with E-state index in [0.717, 1.165) is 24.4 Å². The van der Waals surface area contributed by atoms with Crippen LogP contribution >= 0.6 is 0 Å². The molecule has 0 amide bonds. The highest BCUT2D eigenvalue weighted by Crippen LogP contribution is 2.27. The molecule has 1 aliphatic heterocycles. The van der Waals surface area contributed by atoms with Crippen LogP contribution in [0.3, 0.4) is 0 Å². The molecule has 1 saturated carbocycles. The smallest absolute Gasteiger partial charge is 0.0598 e. The summed E-state index contributed by atoms with van der Waals surface area (Å²) in [6, 6.07) is 0.735. The SMILES string of the molecule is C#CCN1CCC(NCC2CCC(C)CC2)CC1. The van der Waals surface area contributed by atoms with Gasteiger partial charge < -0.3 is 5.32 Å². The third-order valence-electron chi connectivity index (χ3n) is 4.73. The van der Waals surface area contributed by atoms with Crippen molar-refractivity contribution >= 4 is 0 Å². The van der Waals surface area contributed by atoms with E-state index < -0.39 is 0 Å². The van der Waals surface area contributed by atoms with Gasteiger partial charge in [-0.25, -0.2) is 0 Å². The summed E-state index contributed by atoms with van der Waals surface area (Å²) < 4.78 is 0. The van der Waals surface area contributed by atoms with E-state index in [1.807, 2.05) is 0 Å². The van der Waals surface area contributed by atoms with Crippen molar-refractivity contribution in [3.63, 3.8) is 0 Å². The van der Waals surface area contributed by atoms with E-state index in [1.54, 1.807) is 0 Å². The van der Waals surface area contributed by atoms with Gasteiger partial charge in [-0.05, 0) is 44.1 Å². The molecule has 2 fully saturated rings. The van der Waals surface area contributed by atoms with Gasteiger partial charge in [-0.2, -0.15) is 0 Å². The van der Waals surface area contributed by atoms with Gasteiger partial charge in [0.25, 0.3) is 0 Å². The van der Waals surface area contributed by atoms with E-state index >= 15 is 0 Å². The molecule has 0 bridgehead atoms. The molecule has 0 atom stereocenters. The molecule has 2 rings (SSSR count). The third kappa shape index (κ3) is 4.30. The maximum absolute atomic E-state index is 5.35. The first-order valence-electron chi connectivity index (χ1n) is 7.67. The van der Waals surface area contributed by atoms with Gasteiger partial charge in [0.05, 0.1) is 6.54 Å². The summed E-state index contributed by atoms with van der Waals surface area (Å²) in [5.74, 6) is 4.65. The predicted molar refractivity (Wildman–Crippen MR) is 77.4 cm³/mol. The molecule has 0 aromatic carbocycles. The number of rotatable bonds is 4. The van der Waals surface area contributed by atoms with Gasteiger partial charge in [-0.1, -0.05) is 25.7 Å².